The van der Waals surface area contributed by atoms with E-state index in [9.17, 15) is 13.2 Å². The van der Waals surface area contributed by atoms with Gasteiger partial charge in [-0.1, -0.05) is 24.3 Å². The largest absolute Gasteiger partial charge is 0.325 e. The first kappa shape index (κ1) is 19.0. The summed E-state index contributed by atoms with van der Waals surface area (Å²) >= 11 is 1.13. The van der Waals surface area contributed by atoms with Gasteiger partial charge in [-0.25, -0.2) is 13.4 Å². The summed E-state index contributed by atoms with van der Waals surface area (Å²) < 4.78 is 27.2. The van der Waals surface area contributed by atoms with Gasteiger partial charge >= 0.3 is 0 Å². The third kappa shape index (κ3) is 4.41. The fraction of sp³-hybridized carbons (Fsp3) is 0.0500. The highest BCUT2D eigenvalue weighted by Gasteiger charge is 2.16. The molecular formula is C20H16N4O3S2. The molecular weight excluding hydrogens is 408 g/mol. The van der Waals surface area contributed by atoms with E-state index in [-0.39, 0.29) is 22.4 Å². The molecule has 0 saturated heterocycles. The van der Waals surface area contributed by atoms with Crippen LogP contribution in [0.5, 0.6) is 0 Å². The van der Waals surface area contributed by atoms with Crippen molar-refractivity contribution in [1.82, 2.24) is 9.97 Å². The number of hydrogen-bond donors (Lipinski definition) is 2. The molecule has 0 aliphatic heterocycles. The Morgan fingerprint density at radius 3 is 2.66 bits per heavy atom. The molecule has 2 aromatic heterocycles. The molecule has 0 radical (unpaired) electrons. The van der Waals surface area contributed by atoms with Gasteiger partial charge in [0.05, 0.1) is 28.2 Å². The molecule has 0 aliphatic rings. The molecule has 146 valence electrons. The number of pyridine rings is 1. The van der Waals surface area contributed by atoms with Gasteiger partial charge in [0.15, 0.2) is 5.13 Å². The Bertz CT molecular complexity index is 1270. The predicted octanol–water partition coefficient (Wildman–Crippen LogP) is 3.67. The minimum atomic E-state index is -3.71. The van der Waals surface area contributed by atoms with Crippen LogP contribution >= 0.6 is 11.3 Å². The van der Waals surface area contributed by atoms with Crippen LogP contribution in [0.3, 0.4) is 0 Å². The predicted molar refractivity (Wildman–Crippen MR) is 113 cm³/mol. The fourth-order valence-electron chi connectivity index (χ4n) is 2.78. The lowest BCUT2D eigenvalue weighted by Gasteiger charge is -2.07. The lowest BCUT2D eigenvalue weighted by atomic mass is 10.2. The lowest BCUT2D eigenvalue weighted by molar-refractivity contribution is -0.115. The Labute approximate surface area is 171 Å². The average molecular weight is 425 g/mol. The second-order valence-corrected chi connectivity index (χ2v) is 8.70. The van der Waals surface area contributed by atoms with E-state index in [4.69, 9.17) is 0 Å². The summed E-state index contributed by atoms with van der Waals surface area (Å²) in [4.78, 5) is 21.1. The molecule has 2 N–H and O–H groups in total. The van der Waals surface area contributed by atoms with E-state index in [1.54, 1.807) is 29.8 Å². The maximum absolute atomic E-state index is 12.4. The second kappa shape index (κ2) is 7.98. The molecule has 2 aromatic carbocycles. The van der Waals surface area contributed by atoms with Gasteiger partial charge < -0.3 is 5.32 Å². The number of benzene rings is 2. The van der Waals surface area contributed by atoms with Gasteiger partial charge in [0, 0.05) is 17.0 Å². The smallest absolute Gasteiger partial charge is 0.263 e. The molecule has 0 atom stereocenters. The van der Waals surface area contributed by atoms with Crippen LogP contribution in [0.1, 0.15) is 5.69 Å². The number of sulfonamides is 1. The van der Waals surface area contributed by atoms with Crippen LogP contribution in [0.2, 0.25) is 0 Å². The molecule has 0 aliphatic carbocycles. The van der Waals surface area contributed by atoms with Crippen molar-refractivity contribution in [3.8, 4) is 0 Å². The van der Waals surface area contributed by atoms with Crippen molar-refractivity contribution < 1.29 is 13.2 Å². The van der Waals surface area contributed by atoms with Crippen LogP contribution in [0.25, 0.3) is 10.9 Å². The van der Waals surface area contributed by atoms with E-state index in [0.29, 0.717) is 11.4 Å². The topological polar surface area (TPSA) is 101 Å². The van der Waals surface area contributed by atoms with Crippen molar-refractivity contribution in [1.29, 1.82) is 0 Å². The summed E-state index contributed by atoms with van der Waals surface area (Å²) in [7, 11) is -3.71. The summed E-state index contributed by atoms with van der Waals surface area (Å²) in [6.45, 7) is 0. The summed E-state index contributed by atoms with van der Waals surface area (Å²) in [5.74, 6) is -0.246. The number of carbonyl (C=O) groups is 1. The number of fused-ring (bicyclic) bond motifs is 1. The highest BCUT2D eigenvalue weighted by atomic mass is 32.2. The van der Waals surface area contributed by atoms with Gasteiger partial charge in [0.2, 0.25) is 5.91 Å². The van der Waals surface area contributed by atoms with Crippen molar-refractivity contribution in [2.75, 3.05) is 10.0 Å². The Hall–Kier alpha value is -3.30. The van der Waals surface area contributed by atoms with Gasteiger partial charge in [-0.15, -0.1) is 11.3 Å². The number of aromatic nitrogens is 2. The number of nitrogens with one attached hydrogen (secondary N) is 2. The normalized spacial score (nSPS) is 11.3. The van der Waals surface area contributed by atoms with Crippen LogP contribution in [-0.4, -0.2) is 24.3 Å². The van der Waals surface area contributed by atoms with E-state index in [0.717, 1.165) is 22.2 Å². The minimum absolute atomic E-state index is 0.0280. The van der Waals surface area contributed by atoms with Crippen molar-refractivity contribution >= 4 is 49.0 Å². The van der Waals surface area contributed by atoms with Crippen LogP contribution < -0.4 is 10.0 Å². The van der Waals surface area contributed by atoms with E-state index in [2.05, 4.69) is 20.0 Å². The van der Waals surface area contributed by atoms with Gasteiger partial charge in [0.1, 0.15) is 0 Å². The first-order valence-corrected chi connectivity index (χ1v) is 11.0. The molecule has 0 bridgehead atoms. The summed E-state index contributed by atoms with van der Waals surface area (Å²) in [5.41, 5.74) is 1.94. The first-order valence-electron chi connectivity index (χ1n) is 8.67. The zero-order valence-electron chi connectivity index (χ0n) is 15.1. The molecule has 4 aromatic rings. The van der Waals surface area contributed by atoms with E-state index in [1.807, 2.05) is 30.3 Å². The highest BCUT2D eigenvalue weighted by Crippen LogP contribution is 2.23. The Morgan fingerprint density at radius 1 is 1.00 bits per heavy atom. The maximum Gasteiger partial charge on any atom is 0.263 e. The Kier molecular flexibility index (Phi) is 5.24. The zero-order valence-corrected chi connectivity index (χ0v) is 16.7. The highest BCUT2D eigenvalue weighted by molar-refractivity contribution is 7.93. The molecule has 0 fully saturated rings. The maximum atomic E-state index is 12.4. The van der Waals surface area contributed by atoms with E-state index in [1.165, 1.54) is 12.1 Å². The van der Waals surface area contributed by atoms with Crippen LogP contribution in [0.4, 0.5) is 10.8 Å². The molecule has 0 unspecified atom stereocenters. The summed E-state index contributed by atoms with van der Waals surface area (Å²) in [5, 5.41) is 5.58. The number of anilines is 2. The molecule has 1 amide bonds. The monoisotopic (exact) mass is 424 g/mol. The van der Waals surface area contributed by atoms with Crippen molar-refractivity contribution in [2.24, 2.45) is 0 Å². The van der Waals surface area contributed by atoms with E-state index >= 15 is 0 Å². The van der Waals surface area contributed by atoms with Crippen molar-refractivity contribution in [3.63, 3.8) is 0 Å². The SMILES string of the molecule is O=C(Cc1csc(NS(=O)(=O)c2ccccc2)n1)Nc1cccc2ncccc12. The average Bonchev–Trinajstić information content (AvgIpc) is 3.15. The molecule has 29 heavy (non-hydrogen) atoms. The second-order valence-electron chi connectivity index (χ2n) is 6.16. The van der Waals surface area contributed by atoms with Crippen molar-refractivity contribution in [3.05, 3.63) is 77.9 Å². The number of hydrogen-bond acceptors (Lipinski definition) is 6. The third-order valence-corrected chi connectivity index (χ3v) is 6.38. The minimum Gasteiger partial charge on any atom is -0.325 e. The van der Waals surface area contributed by atoms with Gasteiger partial charge in [-0.3, -0.25) is 14.5 Å². The van der Waals surface area contributed by atoms with Gasteiger partial charge in [-0.05, 0) is 36.4 Å². The number of carbonyl (C=O) groups excluding carboxylic acids is 1. The molecule has 7 nitrogen and oxygen atoms in total. The quantitative estimate of drug-likeness (QED) is 0.492. The van der Waals surface area contributed by atoms with E-state index < -0.39 is 10.0 Å². The number of nitrogens with zero attached hydrogens (tertiary/aromatic N) is 2. The lowest BCUT2D eigenvalue weighted by Crippen LogP contribution is -2.15. The van der Waals surface area contributed by atoms with Gasteiger partial charge in [0.25, 0.3) is 10.0 Å². The summed E-state index contributed by atoms with van der Waals surface area (Å²) in [6, 6.07) is 17.2. The molecule has 2 heterocycles. The number of rotatable bonds is 6. The van der Waals surface area contributed by atoms with Crippen LogP contribution in [0, 0.1) is 0 Å². The van der Waals surface area contributed by atoms with Crippen molar-refractivity contribution in [2.45, 2.75) is 11.3 Å². The standard InChI is InChI=1S/C20H16N4O3S2/c25-19(23-18-10-4-9-17-16(18)8-5-11-21-17)12-14-13-28-20(22-14)24-29(26,27)15-6-2-1-3-7-15/h1-11,13H,12H2,(H,22,24)(H,23,25). The number of thiazole rings is 1. The Morgan fingerprint density at radius 2 is 1.83 bits per heavy atom. The number of amides is 1. The molecule has 9 heteroatoms. The molecule has 0 saturated carbocycles. The third-order valence-electron chi connectivity index (χ3n) is 4.09. The van der Waals surface area contributed by atoms with Crippen LogP contribution in [-0.2, 0) is 21.2 Å². The molecule has 0 spiro atoms. The van der Waals surface area contributed by atoms with Crippen LogP contribution in [0.15, 0.2) is 77.1 Å². The first-order chi connectivity index (χ1) is 14.0. The molecule has 4 rings (SSSR count). The Balaban J connectivity index is 1.44. The fourth-order valence-corrected chi connectivity index (χ4v) is 4.76. The van der Waals surface area contributed by atoms with Gasteiger partial charge in [-0.2, -0.15) is 0 Å². The zero-order chi connectivity index (χ0) is 20.3. The summed E-state index contributed by atoms with van der Waals surface area (Å²) in [6.07, 6.45) is 1.72.